The van der Waals surface area contributed by atoms with Crippen LogP contribution in [0, 0.1) is 11.6 Å². The number of hydrogen-bond donors (Lipinski definition) is 2. The van der Waals surface area contributed by atoms with Crippen LogP contribution in [0.25, 0.3) is 0 Å². The first-order valence-corrected chi connectivity index (χ1v) is 9.54. The third kappa shape index (κ3) is 6.53. The summed E-state index contributed by atoms with van der Waals surface area (Å²) in [4.78, 5) is 28.1. The first-order valence-electron chi connectivity index (χ1n) is 9.54. The highest BCUT2D eigenvalue weighted by molar-refractivity contribution is 5.92. The molecule has 2 N–H and O–H groups in total. The van der Waals surface area contributed by atoms with Gasteiger partial charge in [-0.15, -0.1) is 0 Å². The van der Waals surface area contributed by atoms with Crippen LogP contribution in [0.15, 0.2) is 48.5 Å². The van der Waals surface area contributed by atoms with Gasteiger partial charge in [-0.1, -0.05) is 12.1 Å². The lowest BCUT2D eigenvalue weighted by Gasteiger charge is -2.34. The smallest absolute Gasteiger partial charge is 0.317 e. The van der Waals surface area contributed by atoms with Crippen LogP contribution in [0.1, 0.15) is 5.56 Å². The third-order valence-corrected chi connectivity index (χ3v) is 4.76. The van der Waals surface area contributed by atoms with Gasteiger partial charge in [-0.3, -0.25) is 9.69 Å². The average molecular weight is 402 g/mol. The molecule has 0 unspecified atom stereocenters. The topological polar surface area (TPSA) is 64.7 Å². The highest BCUT2D eigenvalue weighted by Gasteiger charge is 2.22. The maximum Gasteiger partial charge on any atom is 0.317 e. The molecule has 2 aromatic carbocycles. The predicted octanol–water partition coefficient (Wildman–Crippen LogP) is 2.47. The van der Waals surface area contributed by atoms with Crippen molar-refractivity contribution in [1.82, 2.24) is 15.1 Å². The number of nitrogens with zero attached hydrogens (tertiary/aromatic N) is 2. The predicted molar refractivity (Wildman–Crippen MR) is 107 cm³/mol. The van der Waals surface area contributed by atoms with Crippen molar-refractivity contribution in [3.63, 3.8) is 0 Å². The Morgan fingerprint density at radius 3 is 2.07 bits per heavy atom. The van der Waals surface area contributed by atoms with Gasteiger partial charge in [-0.2, -0.15) is 0 Å². The van der Waals surface area contributed by atoms with E-state index in [1.165, 1.54) is 36.4 Å². The Bertz CT molecular complexity index is 820. The van der Waals surface area contributed by atoms with Gasteiger partial charge < -0.3 is 15.5 Å². The zero-order chi connectivity index (χ0) is 20.6. The molecule has 0 radical (unpaired) electrons. The fraction of sp³-hybridized carbons (Fsp3) is 0.333. The molecule has 3 rings (SSSR count). The summed E-state index contributed by atoms with van der Waals surface area (Å²) in [6.07, 6.45) is 0.634. The standard InChI is InChI=1S/C21H24F2N4O2/c22-17-3-1-16(2-4-17)9-10-24-21(29)27-13-11-26(12-14-27)15-20(28)25-19-7-5-18(23)6-8-19/h1-8H,9-15H2,(H,24,29)(H,25,28). The number of amides is 3. The summed E-state index contributed by atoms with van der Waals surface area (Å²) in [6.45, 7) is 2.96. The molecule has 3 amide bonds. The van der Waals surface area contributed by atoms with Crippen molar-refractivity contribution < 1.29 is 18.4 Å². The molecule has 0 aromatic heterocycles. The van der Waals surface area contributed by atoms with Crippen LogP contribution in [0.3, 0.4) is 0 Å². The number of rotatable bonds is 6. The molecule has 1 fully saturated rings. The number of anilines is 1. The van der Waals surface area contributed by atoms with Crippen molar-refractivity contribution >= 4 is 17.6 Å². The first kappa shape index (κ1) is 20.7. The van der Waals surface area contributed by atoms with Crippen LogP contribution in [0.4, 0.5) is 19.3 Å². The van der Waals surface area contributed by atoms with E-state index in [2.05, 4.69) is 10.6 Å². The maximum atomic E-state index is 12.9. The first-order chi connectivity index (χ1) is 14.0. The molecule has 1 heterocycles. The van der Waals surface area contributed by atoms with Crippen LogP contribution in [0.5, 0.6) is 0 Å². The summed E-state index contributed by atoms with van der Waals surface area (Å²) in [5.74, 6) is -0.800. The third-order valence-electron chi connectivity index (χ3n) is 4.76. The molecule has 0 atom stereocenters. The number of carbonyl (C=O) groups is 2. The Kier molecular flexibility index (Phi) is 7.13. The molecule has 1 aliphatic rings. The second kappa shape index (κ2) is 9.97. The Labute approximate surface area is 168 Å². The zero-order valence-electron chi connectivity index (χ0n) is 16.0. The molecule has 1 aliphatic heterocycles. The Morgan fingerprint density at radius 1 is 0.862 bits per heavy atom. The molecular formula is C21H24F2N4O2. The molecule has 29 heavy (non-hydrogen) atoms. The Balaban J connectivity index is 1.34. The summed E-state index contributed by atoms with van der Waals surface area (Å²) < 4.78 is 25.8. The fourth-order valence-electron chi connectivity index (χ4n) is 3.12. The van der Waals surface area contributed by atoms with Crippen LogP contribution in [0.2, 0.25) is 0 Å². The molecule has 6 nitrogen and oxygen atoms in total. The van der Waals surface area contributed by atoms with Gasteiger partial charge in [0, 0.05) is 38.4 Å². The van der Waals surface area contributed by atoms with E-state index in [0.717, 1.165) is 5.56 Å². The monoisotopic (exact) mass is 402 g/mol. The van der Waals surface area contributed by atoms with Gasteiger partial charge in [0.15, 0.2) is 0 Å². The van der Waals surface area contributed by atoms with E-state index in [4.69, 9.17) is 0 Å². The van der Waals surface area contributed by atoms with Crippen molar-refractivity contribution in [1.29, 1.82) is 0 Å². The van der Waals surface area contributed by atoms with E-state index < -0.39 is 0 Å². The highest BCUT2D eigenvalue weighted by atomic mass is 19.1. The van der Waals surface area contributed by atoms with Gasteiger partial charge in [0.05, 0.1) is 6.54 Å². The molecule has 0 aliphatic carbocycles. The Morgan fingerprint density at radius 2 is 1.45 bits per heavy atom. The lowest BCUT2D eigenvalue weighted by Crippen LogP contribution is -2.53. The number of benzene rings is 2. The van der Waals surface area contributed by atoms with Crippen molar-refractivity contribution in [2.45, 2.75) is 6.42 Å². The number of hydrogen-bond acceptors (Lipinski definition) is 3. The summed E-state index contributed by atoms with van der Waals surface area (Å²) in [5.41, 5.74) is 1.51. The van der Waals surface area contributed by atoms with E-state index in [0.29, 0.717) is 44.8 Å². The van der Waals surface area contributed by atoms with Crippen LogP contribution in [-0.2, 0) is 11.2 Å². The molecule has 1 saturated heterocycles. The number of nitrogens with one attached hydrogen (secondary N) is 2. The molecular weight excluding hydrogens is 378 g/mol. The summed E-state index contributed by atoms with van der Waals surface area (Å²) in [7, 11) is 0. The average Bonchev–Trinajstić information content (AvgIpc) is 2.71. The van der Waals surface area contributed by atoms with E-state index in [1.54, 1.807) is 17.0 Å². The van der Waals surface area contributed by atoms with Crippen molar-refractivity contribution in [3.05, 3.63) is 65.7 Å². The lowest BCUT2D eigenvalue weighted by molar-refractivity contribution is -0.117. The van der Waals surface area contributed by atoms with Crippen molar-refractivity contribution in [2.75, 3.05) is 44.6 Å². The van der Waals surface area contributed by atoms with E-state index in [1.807, 2.05) is 4.90 Å². The van der Waals surface area contributed by atoms with E-state index in [-0.39, 0.29) is 30.1 Å². The second-order valence-electron chi connectivity index (χ2n) is 6.93. The summed E-state index contributed by atoms with van der Waals surface area (Å²) in [5, 5.41) is 5.61. The lowest BCUT2D eigenvalue weighted by atomic mass is 10.1. The normalized spacial score (nSPS) is 14.5. The highest BCUT2D eigenvalue weighted by Crippen LogP contribution is 2.09. The minimum Gasteiger partial charge on any atom is -0.338 e. The second-order valence-corrected chi connectivity index (χ2v) is 6.93. The zero-order valence-corrected chi connectivity index (χ0v) is 16.0. The number of urea groups is 1. The van der Waals surface area contributed by atoms with Gasteiger partial charge >= 0.3 is 6.03 Å². The van der Waals surface area contributed by atoms with Gasteiger partial charge in [-0.05, 0) is 48.4 Å². The minimum absolute atomic E-state index is 0.137. The van der Waals surface area contributed by atoms with Gasteiger partial charge in [0.1, 0.15) is 11.6 Å². The van der Waals surface area contributed by atoms with E-state index >= 15 is 0 Å². The van der Waals surface area contributed by atoms with Gasteiger partial charge in [-0.25, -0.2) is 13.6 Å². The summed E-state index contributed by atoms with van der Waals surface area (Å²) in [6, 6.07) is 11.7. The largest absolute Gasteiger partial charge is 0.338 e. The molecule has 0 bridgehead atoms. The number of halogens is 2. The molecule has 0 saturated carbocycles. The molecule has 2 aromatic rings. The van der Waals surface area contributed by atoms with Gasteiger partial charge in [0.25, 0.3) is 0 Å². The van der Waals surface area contributed by atoms with Crippen LogP contribution < -0.4 is 10.6 Å². The van der Waals surface area contributed by atoms with Crippen molar-refractivity contribution in [2.24, 2.45) is 0 Å². The van der Waals surface area contributed by atoms with Crippen LogP contribution >= 0.6 is 0 Å². The van der Waals surface area contributed by atoms with Gasteiger partial charge in [0.2, 0.25) is 5.91 Å². The minimum atomic E-state index is -0.352. The SMILES string of the molecule is O=C(CN1CCN(C(=O)NCCc2ccc(F)cc2)CC1)Nc1ccc(F)cc1. The number of carbonyl (C=O) groups excluding carboxylic acids is 2. The summed E-state index contributed by atoms with van der Waals surface area (Å²) >= 11 is 0. The van der Waals surface area contributed by atoms with Crippen molar-refractivity contribution in [3.8, 4) is 0 Å². The van der Waals surface area contributed by atoms with E-state index in [9.17, 15) is 18.4 Å². The number of piperazine rings is 1. The maximum absolute atomic E-state index is 12.9. The molecule has 154 valence electrons. The van der Waals surface area contributed by atoms with Crippen LogP contribution in [-0.4, -0.2) is 61.0 Å². The quantitative estimate of drug-likeness (QED) is 0.780. The molecule has 0 spiro atoms. The molecule has 8 heteroatoms. The fourth-order valence-corrected chi connectivity index (χ4v) is 3.12. The Hall–Kier alpha value is -3.00.